The molecule has 0 atom stereocenters. The Morgan fingerprint density at radius 2 is 1.73 bits per heavy atom. The van der Waals surface area contributed by atoms with Crippen molar-refractivity contribution in [2.75, 3.05) is 5.32 Å². The Hall–Kier alpha value is -2.66. The second kappa shape index (κ2) is 7.38. The predicted molar refractivity (Wildman–Crippen MR) is 87.0 cm³/mol. The van der Waals surface area contributed by atoms with Crippen LogP contribution in [-0.4, -0.2) is 18.0 Å². The number of halogens is 1. The fraction of sp³-hybridized carbons (Fsp3) is 0.0625. The van der Waals surface area contributed by atoms with Crippen molar-refractivity contribution in [3.63, 3.8) is 0 Å². The van der Waals surface area contributed by atoms with Crippen molar-refractivity contribution in [2.24, 2.45) is 5.10 Å². The molecule has 112 valence electrons. The van der Waals surface area contributed by atoms with Crippen molar-refractivity contribution >= 4 is 35.3 Å². The van der Waals surface area contributed by atoms with Crippen LogP contribution in [0, 0.1) is 6.92 Å². The molecule has 0 aliphatic carbocycles. The number of hydrogen-bond acceptors (Lipinski definition) is 3. The third-order valence-corrected chi connectivity index (χ3v) is 3.10. The number of carbonyl (C=O) groups is 2. The molecule has 0 bridgehead atoms. The molecule has 0 radical (unpaired) electrons. The standard InChI is InChI=1S/C16H14ClN3O2/c1-11-4-2-3-5-14(11)19-15(21)16(22)20-18-10-12-6-8-13(17)9-7-12/h2-10H,1H3,(H,19,21)(H,20,22)/b18-10-. The molecule has 0 aromatic heterocycles. The quantitative estimate of drug-likeness (QED) is 0.519. The van der Waals surface area contributed by atoms with Gasteiger partial charge in [0.05, 0.1) is 6.21 Å². The lowest BCUT2D eigenvalue weighted by molar-refractivity contribution is -0.136. The van der Waals surface area contributed by atoms with Crippen molar-refractivity contribution in [1.82, 2.24) is 5.43 Å². The van der Waals surface area contributed by atoms with Crippen LogP contribution in [0.2, 0.25) is 5.02 Å². The number of nitrogens with zero attached hydrogens (tertiary/aromatic N) is 1. The molecule has 0 unspecified atom stereocenters. The van der Waals surface area contributed by atoms with Crippen molar-refractivity contribution in [3.05, 3.63) is 64.7 Å². The van der Waals surface area contributed by atoms with Crippen LogP contribution in [0.25, 0.3) is 0 Å². The summed E-state index contributed by atoms with van der Waals surface area (Å²) in [5, 5.41) is 6.86. The molecule has 0 fully saturated rings. The molecule has 0 saturated carbocycles. The first-order valence-corrected chi connectivity index (χ1v) is 6.89. The number of rotatable bonds is 3. The Bertz CT molecular complexity index is 712. The molecule has 0 saturated heterocycles. The number of nitrogens with one attached hydrogen (secondary N) is 2. The van der Waals surface area contributed by atoms with Crippen molar-refractivity contribution < 1.29 is 9.59 Å². The van der Waals surface area contributed by atoms with Gasteiger partial charge in [0.1, 0.15) is 0 Å². The zero-order valence-electron chi connectivity index (χ0n) is 11.8. The van der Waals surface area contributed by atoms with Gasteiger partial charge in [0.25, 0.3) is 0 Å². The van der Waals surface area contributed by atoms with Crippen LogP contribution < -0.4 is 10.7 Å². The van der Waals surface area contributed by atoms with Gasteiger partial charge in [-0.05, 0) is 36.2 Å². The highest BCUT2D eigenvalue weighted by molar-refractivity contribution is 6.39. The van der Waals surface area contributed by atoms with E-state index in [-0.39, 0.29) is 0 Å². The second-order valence-corrected chi connectivity index (χ2v) is 4.96. The van der Waals surface area contributed by atoms with Crippen molar-refractivity contribution in [1.29, 1.82) is 0 Å². The number of anilines is 1. The second-order valence-electron chi connectivity index (χ2n) is 4.52. The lowest BCUT2D eigenvalue weighted by Gasteiger charge is -2.06. The molecule has 2 amide bonds. The molecule has 22 heavy (non-hydrogen) atoms. The van der Waals surface area contributed by atoms with E-state index < -0.39 is 11.8 Å². The van der Waals surface area contributed by atoms with Crippen LogP contribution in [0.5, 0.6) is 0 Å². The zero-order valence-corrected chi connectivity index (χ0v) is 12.6. The summed E-state index contributed by atoms with van der Waals surface area (Å²) < 4.78 is 0. The van der Waals surface area contributed by atoms with E-state index in [1.54, 1.807) is 36.4 Å². The Balaban J connectivity index is 1.90. The molecule has 5 nitrogen and oxygen atoms in total. The van der Waals surface area contributed by atoms with Gasteiger partial charge in [0.15, 0.2) is 0 Å². The topological polar surface area (TPSA) is 70.6 Å². The average Bonchev–Trinajstić information content (AvgIpc) is 2.51. The number of carbonyl (C=O) groups excluding carboxylic acids is 2. The summed E-state index contributed by atoms with van der Waals surface area (Å²) in [5.41, 5.74) is 4.38. The summed E-state index contributed by atoms with van der Waals surface area (Å²) in [6.45, 7) is 1.84. The van der Waals surface area contributed by atoms with E-state index in [0.717, 1.165) is 11.1 Å². The number of aryl methyl sites for hydroxylation is 1. The molecule has 6 heteroatoms. The van der Waals surface area contributed by atoms with E-state index in [1.807, 2.05) is 19.1 Å². The van der Waals surface area contributed by atoms with Crippen LogP contribution >= 0.6 is 11.6 Å². The fourth-order valence-electron chi connectivity index (χ4n) is 1.66. The van der Waals surface area contributed by atoms with Gasteiger partial charge in [-0.1, -0.05) is 41.9 Å². The maximum Gasteiger partial charge on any atom is 0.329 e. The number of para-hydroxylation sites is 1. The molecule has 2 N–H and O–H groups in total. The fourth-order valence-corrected chi connectivity index (χ4v) is 1.78. The lowest BCUT2D eigenvalue weighted by Crippen LogP contribution is -2.32. The third-order valence-electron chi connectivity index (χ3n) is 2.85. The highest BCUT2D eigenvalue weighted by Crippen LogP contribution is 2.12. The van der Waals surface area contributed by atoms with Crippen molar-refractivity contribution in [2.45, 2.75) is 6.92 Å². The van der Waals surface area contributed by atoms with E-state index in [4.69, 9.17) is 11.6 Å². The number of amides is 2. The molecule has 0 spiro atoms. The van der Waals surface area contributed by atoms with Crippen LogP contribution in [-0.2, 0) is 9.59 Å². The minimum Gasteiger partial charge on any atom is -0.317 e. The van der Waals surface area contributed by atoms with Crippen molar-refractivity contribution in [3.8, 4) is 0 Å². The predicted octanol–water partition coefficient (Wildman–Crippen LogP) is 2.74. The summed E-state index contributed by atoms with van der Waals surface area (Å²) in [7, 11) is 0. The summed E-state index contributed by atoms with van der Waals surface area (Å²) >= 11 is 5.76. The van der Waals surface area contributed by atoms with Gasteiger partial charge < -0.3 is 5.32 Å². The highest BCUT2D eigenvalue weighted by Gasteiger charge is 2.13. The van der Waals surface area contributed by atoms with Crippen LogP contribution in [0.15, 0.2) is 53.6 Å². The maximum atomic E-state index is 11.7. The highest BCUT2D eigenvalue weighted by atomic mass is 35.5. The number of benzene rings is 2. The molecule has 2 aromatic rings. The van der Waals surface area contributed by atoms with E-state index in [0.29, 0.717) is 10.7 Å². The summed E-state index contributed by atoms with van der Waals surface area (Å²) in [4.78, 5) is 23.4. The van der Waals surface area contributed by atoms with E-state index in [1.165, 1.54) is 6.21 Å². The first kappa shape index (κ1) is 15.7. The van der Waals surface area contributed by atoms with E-state index >= 15 is 0 Å². The van der Waals surface area contributed by atoms with Crippen LogP contribution in [0.4, 0.5) is 5.69 Å². The van der Waals surface area contributed by atoms with E-state index in [2.05, 4.69) is 15.8 Å². The van der Waals surface area contributed by atoms with Gasteiger partial charge in [-0.25, -0.2) is 5.43 Å². The summed E-state index contributed by atoms with van der Waals surface area (Å²) in [6, 6.07) is 14.1. The minimum atomic E-state index is -0.839. The molecule has 0 aliphatic heterocycles. The first-order chi connectivity index (χ1) is 10.6. The van der Waals surface area contributed by atoms with E-state index in [9.17, 15) is 9.59 Å². The monoisotopic (exact) mass is 315 g/mol. The Morgan fingerprint density at radius 3 is 2.41 bits per heavy atom. The molecule has 2 rings (SSSR count). The Labute approximate surface area is 133 Å². The van der Waals surface area contributed by atoms with Gasteiger partial charge >= 0.3 is 11.8 Å². The van der Waals surface area contributed by atoms with Crippen LogP contribution in [0.3, 0.4) is 0 Å². The van der Waals surface area contributed by atoms with Gasteiger partial charge in [-0.15, -0.1) is 0 Å². The van der Waals surface area contributed by atoms with Gasteiger partial charge in [0, 0.05) is 10.7 Å². The normalized spacial score (nSPS) is 10.5. The molecule has 0 heterocycles. The first-order valence-electron chi connectivity index (χ1n) is 6.52. The average molecular weight is 316 g/mol. The number of hydrazone groups is 1. The summed E-state index contributed by atoms with van der Waals surface area (Å²) in [6.07, 6.45) is 1.43. The third kappa shape index (κ3) is 4.43. The minimum absolute atomic E-state index is 0.587. The zero-order chi connectivity index (χ0) is 15.9. The largest absolute Gasteiger partial charge is 0.329 e. The summed E-state index contributed by atoms with van der Waals surface area (Å²) in [5.74, 6) is -1.61. The maximum absolute atomic E-state index is 11.7. The number of hydrogen-bond donors (Lipinski definition) is 2. The molecule has 0 aliphatic rings. The van der Waals surface area contributed by atoms with Crippen LogP contribution in [0.1, 0.15) is 11.1 Å². The van der Waals surface area contributed by atoms with Gasteiger partial charge in [-0.3, -0.25) is 9.59 Å². The lowest BCUT2D eigenvalue weighted by atomic mass is 10.2. The molecular formula is C16H14ClN3O2. The Morgan fingerprint density at radius 1 is 1.05 bits per heavy atom. The molecule has 2 aromatic carbocycles. The smallest absolute Gasteiger partial charge is 0.317 e. The van der Waals surface area contributed by atoms with Gasteiger partial charge in [0.2, 0.25) is 0 Å². The SMILES string of the molecule is Cc1ccccc1NC(=O)C(=O)N/N=C\c1ccc(Cl)cc1. The molecular weight excluding hydrogens is 302 g/mol. The Kier molecular flexibility index (Phi) is 5.27. The van der Waals surface area contributed by atoms with Gasteiger partial charge in [-0.2, -0.15) is 5.10 Å².